The average molecular weight is 1110 g/mol. The van der Waals surface area contributed by atoms with Crippen molar-refractivity contribution >= 4 is 19.7 Å². The molecule has 2 aliphatic heterocycles. The Bertz CT molecular complexity index is 3380. The van der Waals surface area contributed by atoms with E-state index >= 15 is 0 Å². The lowest BCUT2D eigenvalue weighted by Gasteiger charge is -2.25. The number of sulfone groups is 2. The molecule has 0 aliphatic carbocycles. The molecule has 0 bridgehead atoms. The van der Waals surface area contributed by atoms with Crippen molar-refractivity contribution in [1.82, 2.24) is 39.5 Å². The van der Waals surface area contributed by atoms with Crippen molar-refractivity contribution in [2.75, 3.05) is 41.7 Å². The number of pyridine rings is 2. The second kappa shape index (κ2) is 23.0. The quantitative estimate of drug-likeness (QED) is 0.0857. The fourth-order valence-corrected chi connectivity index (χ4v) is 12.0. The Balaban J connectivity index is 0.000000190. The highest BCUT2D eigenvalue weighted by molar-refractivity contribution is 7.91. The first-order chi connectivity index (χ1) is 37.5. The molecule has 4 atom stereocenters. The second-order valence-electron chi connectivity index (χ2n) is 18.6. The largest absolute Gasteiger partial charge is 0.494 e. The zero-order valence-electron chi connectivity index (χ0n) is 44.2. The maximum absolute atomic E-state index is 13.7. The van der Waals surface area contributed by atoms with E-state index in [9.17, 15) is 27.0 Å². The van der Waals surface area contributed by atoms with Gasteiger partial charge in [0.1, 0.15) is 68.9 Å². The van der Waals surface area contributed by atoms with E-state index in [2.05, 4.69) is 30.4 Å². The first kappa shape index (κ1) is 55.0. The van der Waals surface area contributed by atoms with Gasteiger partial charge in [0.25, 0.3) is 0 Å². The molecule has 0 saturated carbocycles. The number of aliphatic hydroxyl groups excluding tert-OH is 2. The molecule has 8 heterocycles. The summed E-state index contributed by atoms with van der Waals surface area (Å²) in [6, 6.07) is 20.6. The SMILES string of the molecule is COc1cccc(OC)c1-n1c(CS(=O)(=O)[C@@H](C)[C@H](O)c2ccnc3c2OCCC3)nnc1-c1ccc(C)o1.COc1cccc(OC)c1-n1c(CS(=O)(=O)[C@H](C)[C@@H](O)c2ccnc3c2OCCC3)nnc1-c1ccc(C)o1. The molecule has 6 aromatic heterocycles. The molecule has 22 nitrogen and oxygen atoms in total. The van der Waals surface area contributed by atoms with E-state index in [0.717, 1.165) is 12.8 Å². The van der Waals surface area contributed by atoms with Crippen LogP contribution in [0.15, 0.2) is 94.0 Å². The number of benzene rings is 2. The number of aromatic nitrogens is 8. The van der Waals surface area contributed by atoms with E-state index in [-0.39, 0.29) is 23.3 Å². The van der Waals surface area contributed by atoms with Crippen LogP contribution in [-0.4, -0.2) is 119 Å². The van der Waals surface area contributed by atoms with E-state index in [4.69, 9.17) is 37.3 Å². The van der Waals surface area contributed by atoms with Crippen molar-refractivity contribution in [3.8, 4) is 69.0 Å². The van der Waals surface area contributed by atoms with Crippen LogP contribution in [0, 0.1) is 13.8 Å². The second-order valence-corrected chi connectivity index (χ2v) is 23.3. The van der Waals surface area contributed by atoms with Gasteiger partial charge >= 0.3 is 0 Å². The third kappa shape index (κ3) is 10.9. The number of para-hydroxylation sites is 2. The third-order valence-electron chi connectivity index (χ3n) is 13.6. The van der Waals surface area contributed by atoms with Crippen LogP contribution >= 0.6 is 0 Å². The normalized spacial score (nSPS) is 14.8. The van der Waals surface area contributed by atoms with Crippen LogP contribution in [0.4, 0.5) is 0 Å². The molecule has 0 spiro atoms. The lowest BCUT2D eigenvalue weighted by atomic mass is 10.0. The Kier molecular flexibility index (Phi) is 16.2. The minimum absolute atomic E-state index is 0.105. The number of aryl methyl sites for hydroxylation is 4. The van der Waals surface area contributed by atoms with Crippen molar-refractivity contribution in [2.24, 2.45) is 0 Å². The number of methoxy groups -OCH3 is 4. The lowest BCUT2D eigenvalue weighted by Crippen LogP contribution is -2.29. The highest BCUT2D eigenvalue weighted by atomic mass is 32.2. The van der Waals surface area contributed by atoms with Gasteiger partial charge in [-0.1, -0.05) is 12.1 Å². The summed E-state index contributed by atoms with van der Waals surface area (Å²) < 4.78 is 104. The van der Waals surface area contributed by atoms with Gasteiger partial charge in [0.15, 0.2) is 42.8 Å². The molecule has 8 aromatic rings. The minimum atomic E-state index is -3.98. The molecule has 412 valence electrons. The number of hydrogen-bond acceptors (Lipinski definition) is 20. The van der Waals surface area contributed by atoms with E-state index in [0.29, 0.717) is 117 Å². The van der Waals surface area contributed by atoms with Crippen molar-refractivity contribution in [3.63, 3.8) is 0 Å². The number of fused-ring (bicyclic) bond motifs is 2. The molecular formula is C54H60N8O14S2. The molecular weight excluding hydrogens is 1050 g/mol. The molecule has 2 aromatic carbocycles. The first-order valence-electron chi connectivity index (χ1n) is 24.9. The highest BCUT2D eigenvalue weighted by Gasteiger charge is 2.37. The lowest BCUT2D eigenvalue weighted by molar-refractivity contribution is 0.166. The Labute approximate surface area is 450 Å². The van der Waals surface area contributed by atoms with Crippen LogP contribution in [0.5, 0.6) is 34.5 Å². The predicted molar refractivity (Wildman–Crippen MR) is 284 cm³/mol. The topological polar surface area (TPSA) is 278 Å². The van der Waals surface area contributed by atoms with Crippen molar-refractivity contribution in [2.45, 2.75) is 87.6 Å². The van der Waals surface area contributed by atoms with Crippen molar-refractivity contribution in [3.05, 3.63) is 131 Å². The number of ether oxygens (including phenoxy) is 6. The summed E-state index contributed by atoms with van der Waals surface area (Å²) in [6.45, 7) is 7.50. The molecule has 2 aliphatic rings. The number of furan rings is 2. The molecule has 2 N–H and O–H groups in total. The van der Waals surface area contributed by atoms with Gasteiger partial charge in [-0.15, -0.1) is 20.4 Å². The Morgan fingerprint density at radius 1 is 0.551 bits per heavy atom. The molecule has 0 radical (unpaired) electrons. The van der Waals surface area contributed by atoms with Gasteiger partial charge < -0.3 is 47.5 Å². The van der Waals surface area contributed by atoms with Crippen LogP contribution in [0.2, 0.25) is 0 Å². The van der Waals surface area contributed by atoms with Crippen LogP contribution in [0.25, 0.3) is 34.5 Å². The number of hydrogen-bond donors (Lipinski definition) is 2. The van der Waals surface area contributed by atoms with E-state index in [1.54, 1.807) is 108 Å². The number of aliphatic hydroxyl groups is 2. The van der Waals surface area contributed by atoms with E-state index in [1.165, 1.54) is 42.3 Å². The molecule has 0 amide bonds. The van der Waals surface area contributed by atoms with Gasteiger partial charge in [-0.05, 0) is 114 Å². The summed E-state index contributed by atoms with van der Waals surface area (Å²) in [7, 11) is -1.94. The average Bonchev–Trinajstić information content (AvgIpc) is 4.34. The third-order valence-corrected chi connectivity index (χ3v) is 17.7. The molecule has 24 heteroatoms. The monoisotopic (exact) mass is 1110 g/mol. The molecule has 10 rings (SSSR count). The van der Waals surface area contributed by atoms with Crippen LogP contribution in [0.3, 0.4) is 0 Å². The van der Waals surface area contributed by atoms with Gasteiger partial charge in [-0.2, -0.15) is 0 Å². The Morgan fingerprint density at radius 2 is 0.923 bits per heavy atom. The molecule has 0 saturated heterocycles. The van der Waals surface area contributed by atoms with Gasteiger partial charge in [0.2, 0.25) is 11.6 Å². The van der Waals surface area contributed by atoms with Crippen LogP contribution < -0.4 is 28.4 Å². The van der Waals surface area contributed by atoms with E-state index in [1.807, 2.05) is 0 Å². The molecule has 0 unspecified atom stereocenters. The number of nitrogens with zero attached hydrogens (tertiary/aromatic N) is 8. The Morgan fingerprint density at radius 3 is 1.26 bits per heavy atom. The molecule has 78 heavy (non-hydrogen) atoms. The zero-order chi connectivity index (χ0) is 55.5. The summed E-state index contributed by atoms with van der Waals surface area (Å²) in [5.74, 6) is 4.42. The summed E-state index contributed by atoms with van der Waals surface area (Å²) in [5.41, 5.74) is 3.07. The minimum Gasteiger partial charge on any atom is -0.494 e. The highest BCUT2D eigenvalue weighted by Crippen LogP contribution is 2.41. The number of rotatable bonds is 18. The summed E-state index contributed by atoms with van der Waals surface area (Å²) >= 11 is 0. The summed E-state index contributed by atoms with van der Waals surface area (Å²) in [6.07, 6.45) is 3.48. The van der Waals surface area contributed by atoms with Gasteiger partial charge in [0, 0.05) is 23.5 Å². The van der Waals surface area contributed by atoms with E-state index < -0.39 is 53.9 Å². The molecule has 0 fully saturated rings. The van der Waals surface area contributed by atoms with Crippen LogP contribution in [-0.2, 0) is 44.0 Å². The van der Waals surface area contributed by atoms with Crippen molar-refractivity contribution in [1.29, 1.82) is 0 Å². The van der Waals surface area contributed by atoms with Crippen molar-refractivity contribution < 1.29 is 64.3 Å². The maximum Gasteiger partial charge on any atom is 0.204 e. The fraction of sp³-hybridized carbons (Fsp3) is 0.370. The summed E-state index contributed by atoms with van der Waals surface area (Å²) in [4.78, 5) is 8.65. The smallest absolute Gasteiger partial charge is 0.204 e. The maximum atomic E-state index is 13.7. The van der Waals surface area contributed by atoms with Crippen LogP contribution in [0.1, 0.15) is 84.6 Å². The Hall–Kier alpha value is -7.80. The first-order valence-corrected chi connectivity index (χ1v) is 28.4. The van der Waals surface area contributed by atoms with Gasteiger partial charge in [-0.3, -0.25) is 19.1 Å². The van der Waals surface area contributed by atoms with Gasteiger partial charge in [0.05, 0.1) is 75.7 Å². The zero-order valence-corrected chi connectivity index (χ0v) is 45.9. The standard InChI is InChI=1S/2C27H30N4O7S/c2*1-16-10-11-22(38-16)27-30-29-23(31(27)24-20(35-3)8-5-9-21(24)36-4)15-39(33,34)17(2)25(32)18-12-13-28-19-7-6-14-37-26(18)19/h2*5,8-13,17,25,32H,6-7,14-15H2,1-4H3/t2*17-,25-/m10/s1. The fourth-order valence-electron chi connectivity index (χ4n) is 9.34. The predicted octanol–water partition coefficient (Wildman–Crippen LogP) is 7.22. The van der Waals surface area contributed by atoms with Gasteiger partial charge in [-0.25, -0.2) is 16.8 Å². The summed E-state index contributed by atoms with van der Waals surface area (Å²) in [5, 5.41) is 37.1.